The molecular weight excluding hydrogens is 150 g/mol. The van der Waals surface area contributed by atoms with Gasteiger partial charge >= 0.3 is 0 Å². The standard InChI is InChI=1S/C9H11N3/c1-6(10)8-4-7-2-3-11-9(7)12-5-8/h2-6H,10H2,1H3,(H,11,12). The van der Waals surface area contributed by atoms with Crippen molar-refractivity contribution in [3.8, 4) is 0 Å². The van der Waals surface area contributed by atoms with Crippen LogP contribution in [0.15, 0.2) is 24.5 Å². The van der Waals surface area contributed by atoms with E-state index in [0.717, 1.165) is 16.6 Å². The van der Waals surface area contributed by atoms with Crippen LogP contribution in [0.5, 0.6) is 0 Å². The van der Waals surface area contributed by atoms with E-state index in [1.165, 1.54) is 0 Å². The molecule has 0 saturated heterocycles. The van der Waals surface area contributed by atoms with Crippen LogP contribution in [0.25, 0.3) is 11.0 Å². The second kappa shape index (κ2) is 2.60. The van der Waals surface area contributed by atoms with Crippen molar-refractivity contribution in [2.75, 3.05) is 0 Å². The maximum atomic E-state index is 5.72. The Morgan fingerprint density at radius 1 is 1.58 bits per heavy atom. The average molecular weight is 161 g/mol. The lowest BCUT2D eigenvalue weighted by Gasteiger charge is -2.03. The van der Waals surface area contributed by atoms with E-state index >= 15 is 0 Å². The summed E-state index contributed by atoms with van der Waals surface area (Å²) in [6, 6.07) is 4.11. The van der Waals surface area contributed by atoms with Crippen molar-refractivity contribution < 1.29 is 0 Å². The fourth-order valence-corrected chi connectivity index (χ4v) is 1.21. The van der Waals surface area contributed by atoms with E-state index in [-0.39, 0.29) is 6.04 Å². The zero-order chi connectivity index (χ0) is 8.55. The third-order valence-corrected chi connectivity index (χ3v) is 1.95. The molecule has 0 saturated carbocycles. The van der Waals surface area contributed by atoms with E-state index in [4.69, 9.17) is 5.73 Å². The topological polar surface area (TPSA) is 54.7 Å². The highest BCUT2D eigenvalue weighted by Crippen LogP contribution is 2.14. The van der Waals surface area contributed by atoms with Crippen molar-refractivity contribution in [3.63, 3.8) is 0 Å². The zero-order valence-electron chi connectivity index (χ0n) is 6.91. The Bertz CT molecular complexity index is 389. The SMILES string of the molecule is CC(N)c1cnc2[nH]ccc2c1. The summed E-state index contributed by atoms with van der Waals surface area (Å²) in [5.41, 5.74) is 7.71. The van der Waals surface area contributed by atoms with Gasteiger partial charge in [0, 0.05) is 23.8 Å². The molecule has 0 amide bonds. The highest BCUT2D eigenvalue weighted by molar-refractivity contribution is 5.75. The minimum atomic E-state index is 0.0526. The van der Waals surface area contributed by atoms with Crippen LogP contribution in [0.2, 0.25) is 0 Å². The monoisotopic (exact) mass is 161 g/mol. The summed E-state index contributed by atoms with van der Waals surface area (Å²) in [5, 5.41) is 1.12. The molecule has 2 heterocycles. The number of rotatable bonds is 1. The van der Waals surface area contributed by atoms with E-state index < -0.39 is 0 Å². The third-order valence-electron chi connectivity index (χ3n) is 1.95. The van der Waals surface area contributed by atoms with E-state index in [0.29, 0.717) is 0 Å². The van der Waals surface area contributed by atoms with E-state index in [2.05, 4.69) is 16.0 Å². The number of fused-ring (bicyclic) bond motifs is 1. The predicted octanol–water partition coefficient (Wildman–Crippen LogP) is 1.58. The molecule has 0 aliphatic rings. The Morgan fingerprint density at radius 2 is 2.42 bits per heavy atom. The number of H-pyrrole nitrogens is 1. The van der Waals surface area contributed by atoms with Gasteiger partial charge in [-0.25, -0.2) is 4.98 Å². The van der Waals surface area contributed by atoms with Crippen molar-refractivity contribution in [1.82, 2.24) is 9.97 Å². The first-order chi connectivity index (χ1) is 5.77. The lowest BCUT2D eigenvalue weighted by atomic mass is 10.1. The third kappa shape index (κ3) is 1.08. The first-order valence-electron chi connectivity index (χ1n) is 3.96. The van der Waals surface area contributed by atoms with Gasteiger partial charge in [-0.1, -0.05) is 0 Å². The Labute approximate surface area is 70.6 Å². The Hall–Kier alpha value is -1.35. The summed E-state index contributed by atoms with van der Waals surface area (Å²) in [6.45, 7) is 1.95. The van der Waals surface area contributed by atoms with Crippen LogP contribution in [0.1, 0.15) is 18.5 Å². The van der Waals surface area contributed by atoms with E-state index in [1.54, 1.807) is 0 Å². The Morgan fingerprint density at radius 3 is 3.17 bits per heavy atom. The van der Waals surface area contributed by atoms with Gasteiger partial charge in [-0.2, -0.15) is 0 Å². The Kier molecular flexibility index (Phi) is 1.59. The van der Waals surface area contributed by atoms with Gasteiger partial charge in [0.1, 0.15) is 5.65 Å². The number of nitrogens with two attached hydrogens (primary N) is 1. The number of hydrogen-bond donors (Lipinski definition) is 2. The van der Waals surface area contributed by atoms with Gasteiger partial charge in [-0.3, -0.25) is 0 Å². The summed E-state index contributed by atoms with van der Waals surface area (Å²) in [5.74, 6) is 0. The normalized spacial score (nSPS) is 13.5. The fourth-order valence-electron chi connectivity index (χ4n) is 1.21. The van der Waals surface area contributed by atoms with Gasteiger partial charge in [-0.15, -0.1) is 0 Å². The number of nitrogens with one attached hydrogen (secondary N) is 1. The molecule has 2 aromatic rings. The van der Waals surface area contributed by atoms with Crippen LogP contribution in [0, 0.1) is 0 Å². The molecule has 62 valence electrons. The summed E-state index contributed by atoms with van der Waals surface area (Å²) in [4.78, 5) is 7.26. The summed E-state index contributed by atoms with van der Waals surface area (Å²) >= 11 is 0. The van der Waals surface area contributed by atoms with Crippen LogP contribution < -0.4 is 5.73 Å². The fraction of sp³-hybridized carbons (Fsp3) is 0.222. The maximum absolute atomic E-state index is 5.72. The van der Waals surface area contributed by atoms with E-state index in [1.807, 2.05) is 25.4 Å². The molecule has 2 aromatic heterocycles. The molecule has 0 aromatic carbocycles. The van der Waals surface area contributed by atoms with Crippen LogP contribution in [0.3, 0.4) is 0 Å². The number of aromatic amines is 1. The average Bonchev–Trinajstić information content (AvgIpc) is 2.49. The highest BCUT2D eigenvalue weighted by atomic mass is 14.8. The molecule has 0 aliphatic carbocycles. The second-order valence-electron chi connectivity index (χ2n) is 2.97. The Balaban J connectivity index is 2.60. The molecule has 3 nitrogen and oxygen atoms in total. The maximum Gasteiger partial charge on any atom is 0.137 e. The first-order valence-corrected chi connectivity index (χ1v) is 3.96. The smallest absolute Gasteiger partial charge is 0.137 e. The van der Waals surface area contributed by atoms with Crippen LogP contribution >= 0.6 is 0 Å². The minimum Gasteiger partial charge on any atom is -0.346 e. The van der Waals surface area contributed by atoms with Gasteiger partial charge < -0.3 is 10.7 Å². The van der Waals surface area contributed by atoms with Gasteiger partial charge in [-0.05, 0) is 24.6 Å². The first kappa shape index (κ1) is 7.31. The van der Waals surface area contributed by atoms with Gasteiger partial charge in [0.15, 0.2) is 0 Å². The summed E-state index contributed by atoms with van der Waals surface area (Å²) in [7, 11) is 0. The van der Waals surface area contributed by atoms with Crippen LogP contribution in [-0.2, 0) is 0 Å². The second-order valence-corrected chi connectivity index (χ2v) is 2.97. The van der Waals surface area contributed by atoms with Crippen molar-refractivity contribution in [2.24, 2.45) is 5.73 Å². The molecule has 12 heavy (non-hydrogen) atoms. The molecule has 2 rings (SSSR count). The lowest BCUT2D eigenvalue weighted by molar-refractivity contribution is 0.814. The largest absolute Gasteiger partial charge is 0.346 e. The molecular formula is C9H11N3. The van der Waals surface area contributed by atoms with Crippen molar-refractivity contribution in [1.29, 1.82) is 0 Å². The summed E-state index contributed by atoms with van der Waals surface area (Å²) in [6.07, 6.45) is 3.69. The molecule has 0 aliphatic heterocycles. The van der Waals surface area contributed by atoms with Crippen LogP contribution in [-0.4, -0.2) is 9.97 Å². The highest BCUT2D eigenvalue weighted by Gasteiger charge is 2.01. The molecule has 3 N–H and O–H groups in total. The number of pyridine rings is 1. The number of hydrogen-bond acceptors (Lipinski definition) is 2. The number of nitrogens with zero attached hydrogens (tertiary/aromatic N) is 1. The van der Waals surface area contributed by atoms with E-state index in [9.17, 15) is 0 Å². The van der Waals surface area contributed by atoms with Gasteiger partial charge in [0.05, 0.1) is 0 Å². The quantitative estimate of drug-likeness (QED) is 0.667. The van der Waals surface area contributed by atoms with Gasteiger partial charge in [0.25, 0.3) is 0 Å². The molecule has 0 radical (unpaired) electrons. The van der Waals surface area contributed by atoms with Crippen molar-refractivity contribution >= 4 is 11.0 Å². The minimum absolute atomic E-state index is 0.0526. The molecule has 0 fully saturated rings. The van der Waals surface area contributed by atoms with Crippen molar-refractivity contribution in [3.05, 3.63) is 30.1 Å². The molecule has 1 unspecified atom stereocenters. The molecule has 0 bridgehead atoms. The van der Waals surface area contributed by atoms with Crippen LogP contribution in [0.4, 0.5) is 0 Å². The summed E-state index contributed by atoms with van der Waals surface area (Å²) < 4.78 is 0. The molecule has 1 atom stereocenters. The predicted molar refractivity (Wildman–Crippen MR) is 48.7 cm³/mol. The van der Waals surface area contributed by atoms with Gasteiger partial charge in [0.2, 0.25) is 0 Å². The number of aromatic nitrogens is 2. The zero-order valence-corrected chi connectivity index (χ0v) is 6.91. The molecule has 0 spiro atoms. The van der Waals surface area contributed by atoms with Crippen molar-refractivity contribution in [2.45, 2.75) is 13.0 Å². The molecule has 3 heteroatoms. The lowest BCUT2D eigenvalue weighted by Crippen LogP contribution is -2.04.